The van der Waals surface area contributed by atoms with Crippen LogP contribution in [0.15, 0.2) is 36.4 Å². The van der Waals surface area contributed by atoms with Crippen molar-refractivity contribution in [2.24, 2.45) is 7.05 Å². The fourth-order valence-corrected chi connectivity index (χ4v) is 3.90. The van der Waals surface area contributed by atoms with Crippen LogP contribution in [0, 0.1) is 6.92 Å². The molecule has 7 nitrogen and oxygen atoms in total. The maximum Gasteiger partial charge on any atom is 0.573 e. The molecule has 3 aromatic rings. The molecule has 0 unspecified atom stereocenters. The first-order chi connectivity index (χ1) is 14.7. The third-order valence-corrected chi connectivity index (χ3v) is 5.52. The lowest BCUT2D eigenvalue weighted by atomic mass is 9.95. The number of nitrogens with zero attached hydrogens (tertiary/aromatic N) is 5. The largest absolute Gasteiger partial charge is 0.573 e. The summed E-state index contributed by atoms with van der Waals surface area (Å²) in [6.07, 6.45) is -2.96. The van der Waals surface area contributed by atoms with Gasteiger partial charge in [-0.2, -0.15) is 0 Å². The topological polar surface area (TPSA) is 82.1 Å². The summed E-state index contributed by atoms with van der Waals surface area (Å²) in [4.78, 5) is 6.94. The molecular weight excluding hydrogens is 409 g/mol. The van der Waals surface area contributed by atoms with Gasteiger partial charge in [0.25, 0.3) is 0 Å². The predicted octanol–water partition coefficient (Wildman–Crippen LogP) is 4.05. The van der Waals surface area contributed by atoms with E-state index in [-0.39, 0.29) is 11.7 Å². The molecule has 31 heavy (non-hydrogen) atoms. The average molecular weight is 432 g/mol. The SMILES string of the molecule is Cc1ccc(-c2ccc(OC(F)(F)F)cc2)c(N2CCC(c3nnc(N)n3C)CC2)n1. The number of hydrogen-bond acceptors (Lipinski definition) is 6. The molecule has 2 aromatic heterocycles. The number of pyridine rings is 1. The predicted molar refractivity (Wildman–Crippen MR) is 111 cm³/mol. The van der Waals surface area contributed by atoms with E-state index in [0.717, 1.165) is 54.4 Å². The number of piperidine rings is 1. The fraction of sp³-hybridized carbons (Fsp3) is 0.381. The van der Waals surface area contributed by atoms with Crippen LogP contribution >= 0.6 is 0 Å². The fourth-order valence-electron chi connectivity index (χ4n) is 3.90. The molecule has 2 N–H and O–H groups in total. The second-order valence-electron chi connectivity index (χ2n) is 7.63. The van der Waals surface area contributed by atoms with Gasteiger partial charge in [-0.05, 0) is 49.6 Å². The third-order valence-electron chi connectivity index (χ3n) is 5.52. The van der Waals surface area contributed by atoms with E-state index in [1.807, 2.05) is 30.7 Å². The molecule has 0 saturated carbocycles. The molecule has 1 aromatic carbocycles. The van der Waals surface area contributed by atoms with Gasteiger partial charge in [0.1, 0.15) is 17.4 Å². The highest BCUT2D eigenvalue weighted by atomic mass is 19.4. The number of benzene rings is 1. The Morgan fingerprint density at radius 2 is 1.71 bits per heavy atom. The summed E-state index contributed by atoms with van der Waals surface area (Å²) in [7, 11) is 1.86. The van der Waals surface area contributed by atoms with Crippen LogP contribution in [0.1, 0.15) is 30.3 Å². The van der Waals surface area contributed by atoms with Crippen molar-refractivity contribution in [3.63, 3.8) is 0 Å². The van der Waals surface area contributed by atoms with Crippen LogP contribution in [0.5, 0.6) is 5.75 Å². The molecule has 1 fully saturated rings. The minimum absolute atomic E-state index is 0.248. The van der Waals surface area contributed by atoms with Gasteiger partial charge in [-0.1, -0.05) is 12.1 Å². The number of nitrogens with two attached hydrogens (primary N) is 1. The van der Waals surface area contributed by atoms with Crippen molar-refractivity contribution in [2.75, 3.05) is 23.7 Å². The van der Waals surface area contributed by atoms with Crippen molar-refractivity contribution in [3.05, 3.63) is 47.9 Å². The number of anilines is 2. The molecule has 0 spiro atoms. The third kappa shape index (κ3) is 4.57. The first-order valence-corrected chi connectivity index (χ1v) is 9.95. The Morgan fingerprint density at radius 1 is 1.03 bits per heavy atom. The van der Waals surface area contributed by atoms with Crippen molar-refractivity contribution < 1.29 is 17.9 Å². The summed E-state index contributed by atoms with van der Waals surface area (Å²) in [5.74, 6) is 2.12. The highest BCUT2D eigenvalue weighted by molar-refractivity contribution is 5.76. The van der Waals surface area contributed by atoms with Crippen LogP contribution < -0.4 is 15.4 Å². The Hall–Kier alpha value is -3.30. The lowest BCUT2D eigenvalue weighted by molar-refractivity contribution is -0.274. The summed E-state index contributed by atoms with van der Waals surface area (Å²) in [6, 6.07) is 9.72. The lowest BCUT2D eigenvalue weighted by Crippen LogP contribution is -2.34. The van der Waals surface area contributed by atoms with E-state index in [1.54, 1.807) is 12.1 Å². The molecule has 0 amide bonds. The molecule has 1 aliphatic heterocycles. The highest BCUT2D eigenvalue weighted by Crippen LogP contribution is 2.35. The molecule has 10 heteroatoms. The Bertz CT molecular complexity index is 1060. The first kappa shape index (κ1) is 21.0. The van der Waals surface area contributed by atoms with E-state index in [0.29, 0.717) is 5.95 Å². The standard InChI is InChI=1S/C21H23F3N6O/c1-13-3-8-17(14-4-6-16(7-5-14)31-21(22,23)24)19(26-13)30-11-9-15(10-12-30)18-27-28-20(25)29(18)2/h3-8,15H,9-12H2,1-2H3,(H2,25,28). The number of rotatable bonds is 4. The average Bonchev–Trinajstić information content (AvgIpc) is 3.06. The van der Waals surface area contributed by atoms with Gasteiger partial charge in [0, 0.05) is 37.3 Å². The van der Waals surface area contributed by atoms with Crippen LogP contribution in [0.4, 0.5) is 24.9 Å². The van der Waals surface area contributed by atoms with Crippen molar-refractivity contribution in [3.8, 4) is 16.9 Å². The Kier molecular flexibility index (Phi) is 5.47. The summed E-state index contributed by atoms with van der Waals surface area (Å²) >= 11 is 0. The van der Waals surface area contributed by atoms with Crippen LogP contribution in [-0.4, -0.2) is 39.2 Å². The summed E-state index contributed by atoms with van der Waals surface area (Å²) in [5, 5.41) is 8.16. The number of alkyl halides is 3. The number of aromatic nitrogens is 4. The smallest absolute Gasteiger partial charge is 0.406 e. The van der Waals surface area contributed by atoms with Gasteiger partial charge in [-0.25, -0.2) is 4.98 Å². The second kappa shape index (κ2) is 8.09. The molecule has 1 aliphatic rings. The molecule has 164 valence electrons. The maximum absolute atomic E-state index is 12.4. The number of nitrogen functional groups attached to an aromatic ring is 1. The van der Waals surface area contributed by atoms with E-state index >= 15 is 0 Å². The van der Waals surface area contributed by atoms with Crippen molar-refractivity contribution in [1.29, 1.82) is 0 Å². The molecule has 0 aliphatic carbocycles. The second-order valence-corrected chi connectivity index (χ2v) is 7.63. The Balaban J connectivity index is 1.55. The van der Waals surface area contributed by atoms with Gasteiger partial charge < -0.3 is 19.9 Å². The lowest BCUT2D eigenvalue weighted by Gasteiger charge is -2.33. The van der Waals surface area contributed by atoms with E-state index in [4.69, 9.17) is 10.7 Å². The van der Waals surface area contributed by atoms with Crippen molar-refractivity contribution in [1.82, 2.24) is 19.7 Å². The summed E-state index contributed by atoms with van der Waals surface area (Å²) < 4.78 is 43.1. The molecule has 0 radical (unpaired) electrons. The number of hydrogen-bond donors (Lipinski definition) is 1. The molecule has 0 atom stereocenters. The molecular formula is C21H23F3N6O. The molecule has 0 bridgehead atoms. The monoisotopic (exact) mass is 432 g/mol. The molecule has 4 rings (SSSR count). The van der Waals surface area contributed by atoms with Gasteiger partial charge >= 0.3 is 6.36 Å². The summed E-state index contributed by atoms with van der Waals surface area (Å²) in [5.41, 5.74) is 8.33. The first-order valence-electron chi connectivity index (χ1n) is 9.95. The van der Waals surface area contributed by atoms with Crippen LogP contribution in [0.3, 0.4) is 0 Å². The summed E-state index contributed by atoms with van der Waals surface area (Å²) in [6.45, 7) is 3.47. The normalized spacial score (nSPS) is 15.3. The van der Waals surface area contributed by atoms with E-state index in [1.165, 1.54) is 12.1 Å². The Morgan fingerprint density at radius 3 is 2.29 bits per heavy atom. The highest BCUT2D eigenvalue weighted by Gasteiger charge is 2.31. The van der Waals surface area contributed by atoms with Gasteiger partial charge in [-0.15, -0.1) is 23.4 Å². The van der Waals surface area contributed by atoms with Crippen molar-refractivity contribution >= 4 is 11.8 Å². The zero-order valence-electron chi connectivity index (χ0n) is 17.2. The quantitative estimate of drug-likeness (QED) is 0.670. The van der Waals surface area contributed by atoms with Gasteiger partial charge in [0.05, 0.1) is 0 Å². The maximum atomic E-state index is 12.4. The van der Waals surface area contributed by atoms with Gasteiger partial charge in [0.2, 0.25) is 5.95 Å². The molecule has 1 saturated heterocycles. The van der Waals surface area contributed by atoms with Crippen LogP contribution in [0.25, 0.3) is 11.1 Å². The Labute approximate surface area is 177 Å². The van der Waals surface area contributed by atoms with E-state index in [9.17, 15) is 13.2 Å². The number of ether oxygens (including phenoxy) is 1. The van der Waals surface area contributed by atoms with E-state index < -0.39 is 6.36 Å². The molecule has 3 heterocycles. The zero-order chi connectivity index (χ0) is 22.2. The van der Waals surface area contributed by atoms with Gasteiger partial charge in [0.15, 0.2) is 0 Å². The van der Waals surface area contributed by atoms with Crippen LogP contribution in [-0.2, 0) is 7.05 Å². The van der Waals surface area contributed by atoms with E-state index in [2.05, 4.69) is 19.8 Å². The minimum Gasteiger partial charge on any atom is -0.406 e. The van der Waals surface area contributed by atoms with Crippen LogP contribution in [0.2, 0.25) is 0 Å². The van der Waals surface area contributed by atoms with Crippen molar-refractivity contribution in [2.45, 2.75) is 32.0 Å². The van der Waals surface area contributed by atoms with Gasteiger partial charge in [-0.3, -0.25) is 0 Å². The zero-order valence-corrected chi connectivity index (χ0v) is 17.2. The minimum atomic E-state index is -4.71. The number of halogens is 3. The number of aryl methyl sites for hydroxylation is 1.